The minimum atomic E-state index is 0.867. The van der Waals surface area contributed by atoms with Gasteiger partial charge >= 0.3 is 0 Å². The van der Waals surface area contributed by atoms with Crippen LogP contribution in [0.5, 0.6) is 0 Å². The molecule has 4 heteroatoms. The van der Waals surface area contributed by atoms with Gasteiger partial charge in [0, 0.05) is 18.9 Å². The van der Waals surface area contributed by atoms with Crippen molar-refractivity contribution in [1.29, 1.82) is 0 Å². The van der Waals surface area contributed by atoms with Crippen molar-refractivity contribution in [2.45, 2.75) is 12.8 Å². The zero-order valence-corrected chi connectivity index (χ0v) is 8.68. The van der Waals surface area contributed by atoms with Crippen LogP contribution in [0.15, 0.2) is 18.6 Å². The van der Waals surface area contributed by atoms with Crippen molar-refractivity contribution in [2.75, 3.05) is 23.9 Å². The molecule has 0 aromatic carbocycles. The largest absolute Gasteiger partial charge is 0.369 e. The molecule has 13 heavy (non-hydrogen) atoms. The monoisotopic (exact) mass is 197 g/mol. The maximum Gasteiger partial charge on any atom is 0.144 e. The van der Waals surface area contributed by atoms with Gasteiger partial charge in [-0.3, -0.25) is 4.98 Å². The Bertz CT molecular complexity index is 215. The number of nitrogens with one attached hydrogen (secondary N) is 1. The van der Waals surface area contributed by atoms with Crippen LogP contribution in [0.1, 0.15) is 12.8 Å². The highest BCUT2D eigenvalue weighted by molar-refractivity contribution is 7.98. The molecule has 0 amide bonds. The van der Waals surface area contributed by atoms with E-state index in [1.54, 1.807) is 18.6 Å². The van der Waals surface area contributed by atoms with Gasteiger partial charge in [0.15, 0.2) is 0 Å². The number of anilines is 1. The van der Waals surface area contributed by atoms with Gasteiger partial charge in [0.25, 0.3) is 0 Å². The van der Waals surface area contributed by atoms with E-state index in [4.69, 9.17) is 0 Å². The molecule has 0 unspecified atom stereocenters. The molecule has 0 aliphatic heterocycles. The van der Waals surface area contributed by atoms with Crippen LogP contribution in [0.4, 0.5) is 5.82 Å². The second kappa shape index (κ2) is 6.71. The first kappa shape index (κ1) is 10.3. The Labute approximate surface area is 83.4 Å². The van der Waals surface area contributed by atoms with Crippen molar-refractivity contribution < 1.29 is 0 Å². The molecular weight excluding hydrogens is 182 g/mol. The molecule has 0 radical (unpaired) electrons. The van der Waals surface area contributed by atoms with Crippen molar-refractivity contribution in [1.82, 2.24) is 9.97 Å². The molecule has 0 atom stereocenters. The van der Waals surface area contributed by atoms with E-state index in [1.807, 2.05) is 11.8 Å². The number of rotatable bonds is 6. The summed E-state index contributed by atoms with van der Waals surface area (Å²) in [4.78, 5) is 8.09. The topological polar surface area (TPSA) is 37.8 Å². The Hall–Kier alpha value is -0.770. The fourth-order valence-electron chi connectivity index (χ4n) is 0.978. The molecule has 0 saturated carbocycles. The Kier molecular flexibility index (Phi) is 5.33. The minimum Gasteiger partial charge on any atom is -0.369 e. The molecule has 72 valence electrons. The number of thioether (sulfide) groups is 1. The number of aromatic nitrogens is 2. The van der Waals surface area contributed by atoms with Crippen LogP contribution >= 0.6 is 11.8 Å². The molecule has 0 aliphatic carbocycles. The van der Waals surface area contributed by atoms with Crippen LogP contribution in [0, 0.1) is 0 Å². The van der Waals surface area contributed by atoms with Crippen molar-refractivity contribution in [3.05, 3.63) is 18.6 Å². The number of unbranched alkanes of at least 4 members (excludes halogenated alkanes) is 1. The molecular formula is C9H15N3S. The van der Waals surface area contributed by atoms with E-state index >= 15 is 0 Å². The van der Waals surface area contributed by atoms with Crippen LogP contribution in [-0.2, 0) is 0 Å². The zero-order valence-electron chi connectivity index (χ0n) is 7.86. The third-order valence-corrected chi connectivity index (χ3v) is 2.34. The van der Waals surface area contributed by atoms with Crippen LogP contribution in [-0.4, -0.2) is 28.5 Å². The van der Waals surface area contributed by atoms with E-state index in [9.17, 15) is 0 Å². The second-order valence-electron chi connectivity index (χ2n) is 2.72. The predicted molar refractivity (Wildman–Crippen MR) is 58.1 cm³/mol. The van der Waals surface area contributed by atoms with E-state index in [2.05, 4.69) is 21.5 Å². The van der Waals surface area contributed by atoms with Gasteiger partial charge in [0.05, 0.1) is 6.20 Å². The van der Waals surface area contributed by atoms with Gasteiger partial charge in [-0.25, -0.2) is 4.98 Å². The lowest BCUT2D eigenvalue weighted by atomic mass is 10.3. The molecule has 1 aromatic heterocycles. The number of hydrogen-bond donors (Lipinski definition) is 1. The van der Waals surface area contributed by atoms with Gasteiger partial charge in [-0.15, -0.1) is 0 Å². The lowest BCUT2D eigenvalue weighted by Gasteiger charge is -2.03. The molecule has 0 saturated heterocycles. The van der Waals surface area contributed by atoms with Gasteiger partial charge in [0.1, 0.15) is 5.82 Å². The molecule has 1 rings (SSSR count). The van der Waals surface area contributed by atoms with E-state index in [-0.39, 0.29) is 0 Å². The first-order valence-electron chi connectivity index (χ1n) is 4.42. The molecule has 0 fully saturated rings. The fourth-order valence-corrected chi connectivity index (χ4v) is 1.47. The van der Waals surface area contributed by atoms with Gasteiger partial charge in [-0.2, -0.15) is 11.8 Å². The molecule has 0 spiro atoms. The second-order valence-corrected chi connectivity index (χ2v) is 3.70. The smallest absolute Gasteiger partial charge is 0.144 e. The first-order valence-corrected chi connectivity index (χ1v) is 5.81. The Balaban J connectivity index is 2.07. The summed E-state index contributed by atoms with van der Waals surface area (Å²) < 4.78 is 0. The van der Waals surface area contributed by atoms with Crippen LogP contribution in [0.3, 0.4) is 0 Å². The lowest BCUT2D eigenvalue weighted by Crippen LogP contribution is -2.03. The van der Waals surface area contributed by atoms with Crippen molar-refractivity contribution in [2.24, 2.45) is 0 Å². The minimum absolute atomic E-state index is 0.867. The summed E-state index contributed by atoms with van der Waals surface area (Å²) in [5.41, 5.74) is 0. The number of hydrogen-bond acceptors (Lipinski definition) is 4. The highest BCUT2D eigenvalue weighted by Gasteiger charge is 1.91. The van der Waals surface area contributed by atoms with Crippen molar-refractivity contribution in [3.63, 3.8) is 0 Å². The average molecular weight is 197 g/mol. The Morgan fingerprint density at radius 1 is 1.38 bits per heavy atom. The summed E-state index contributed by atoms with van der Waals surface area (Å²) >= 11 is 1.89. The quantitative estimate of drug-likeness (QED) is 0.708. The SMILES string of the molecule is CSCCCCNc1cnccn1. The Morgan fingerprint density at radius 2 is 2.31 bits per heavy atom. The van der Waals surface area contributed by atoms with Gasteiger partial charge in [-0.1, -0.05) is 0 Å². The summed E-state index contributed by atoms with van der Waals surface area (Å²) in [5, 5.41) is 3.22. The van der Waals surface area contributed by atoms with E-state index in [1.165, 1.54) is 18.6 Å². The van der Waals surface area contributed by atoms with E-state index in [0.717, 1.165) is 12.4 Å². The van der Waals surface area contributed by atoms with E-state index in [0.29, 0.717) is 0 Å². The van der Waals surface area contributed by atoms with Crippen LogP contribution < -0.4 is 5.32 Å². The molecule has 0 bridgehead atoms. The summed E-state index contributed by atoms with van der Waals surface area (Å²) in [6, 6.07) is 0. The lowest BCUT2D eigenvalue weighted by molar-refractivity contribution is 0.839. The third kappa shape index (κ3) is 4.72. The van der Waals surface area contributed by atoms with Crippen molar-refractivity contribution in [3.8, 4) is 0 Å². The first-order chi connectivity index (χ1) is 6.43. The number of nitrogens with zero attached hydrogens (tertiary/aromatic N) is 2. The van der Waals surface area contributed by atoms with Crippen LogP contribution in [0.25, 0.3) is 0 Å². The maximum absolute atomic E-state index is 4.12. The summed E-state index contributed by atoms with van der Waals surface area (Å²) in [5.74, 6) is 2.11. The molecule has 3 nitrogen and oxygen atoms in total. The van der Waals surface area contributed by atoms with Gasteiger partial charge in [0.2, 0.25) is 0 Å². The molecule has 0 aliphatic rings. The fraction of sp³-hybridized carbons (Fsp3) is 0.556. The average Bonchev–Trinajstić information content (AvgIpc) is 2.19. The maximum atomic E-state index is 4.12. The molecule has 1 aromatic rings. The highest BCUT2D eigenvalue weighted by Crippen LogP contribution is 2.01. The Morgan fingerprint density at radius 3 is 3.00 bits per heavy atom. The summed E-state index contributed by atoms with van der Waals surface area (Å²) in [6.45, 7) is 0.985. The van der Waals surface area contributed by atoms with Crippen molar-refractivity contribution >= 4 is 17.6 Å². The summed E-state index contributed by atoms with van der Waals surface area (Å²) in [6.07, 6.45) is 9.71. The molecule has 1 heterocycles. The third-order valence-electron chi connectivity index (χ3n) is 1.64. The standard InChI is InChI=1S/C9H15N3S/c1-13-7-3-2-4-11-9-8-10-5-6-12-9/h5-6,8H,2-4,7H2,1H3,(H,11,12). The van der Waals surface area contributed by atoms with Gasteiger partial charge < -0.3 is 5.32 Å². The van der Waals surface area contributed by atoms with E-state index < -0.39 is 0 Å². The predicted octanol–water partition coefficient (Wildman–Crippen LogP) is 2.03. The summed E-state index contributed by atoms with van der Waals surface area (Å²) in [7, 11) is 0. The normalized spacial score (nSPS) is 9.92. The van der Waals surface area contributed by atoms with Gasteiger partial charge in [-0.05, 0) is 24.9 Å². The molecule has 1 N–H and O–H groups in total. The highest BCUT2D eigenvalue weighted by atomic mass is 32.2. The zero-order chi connectivity index (χ0) is 9.36. The van der Waals surface area contributed by atoms with Crippen LogP contribution in [0.2, 0.25) is 0 Å².